The molecule has 35 heavy (non-hydrogen) atoms. The van der Waals surface area contributed by atoms with Crippen molar-refractivity contribution in [3.8, 4) is 11.5 Å². The molecule has 0 radical (unpaired) electrons. The first-order valence-corrected chi connectivity index (χ1v) is 12.5. The van der Waals surface area contributed by atoms with Crippen LogP contribution in [0.4, 0.5) is 0 Å². The molecule has 10 heteroatoms. The molecule has 0 saturated carbocycles. The summed E-state index contributed by atoms with van der Waals surface area (Å²) in [4.78, 5) is 9.80. The maximum Gasteiger partial charge on any atom is 0.191 e. The van der Waals surface area contributed by atoms with E-state index in [4.69, 9.17) is 36.1 Å². The molecule has 0 amide bonds. The number of benzene rings is 2. The molecule has 0 unspecified atom stereocenters. The summed E-state index contributed by atoms with van der Waals surface area (Å²) in [7, 11) is 3.23. The number of aryl methyl sites for hydroxylation is 4. The minimum absolute atomic E-state index is 0.614. The smallest absolute Gasteiger partial charge is 0.191 e. The summed E-state index contributed by atoms with van der Waals surface area (Å²) >= 11 is 7.95. The van der Waals surface area contributed by atoms with Crippen LogP contribution in [0.15, 0.2) is 47.6 Å². The fraction of sp³-hybridized carbons (Fsp3) is 0.280. The Kier molecular flexibility index (Phi) is 6.53. The molecule has 0 atom stereocenters. The fourth-order valence-electron chi connectivity index (χ4n) is 4.02. The van der Waals surface area contributed by atoms with E-state index in [1.807, 2.05) is 52.5 Å². The van der Waals surface area contributed by atoms with Crippen LogP contribution in [-0.2, 0) is 18.7 Å². The first-order valence-electron chi connectivity index (χ1n) is 11.2. The normalized spacial score (nSPS) is 11.5. The number of methoxy groups -OCH3 is 2. The van der Waals surface area contributed by atoms with E-state index in [0.29, 0.717) is 30.2 Å². The number of fused-ring (bicyclic) bond motifs is 3. The Morgan fingerprint density at radius 2 is 1.74 bits per heavy atom. The van der Waals surface area contributed by atoms with Crippen LogP contribution in [0.2, 0.25) is 5.02 Å². The molecule has 0 N–H and O–H groups in total. The first-order chi connectivity index (χ1) is 17.0. The molecule has 3 heterocycles. The Hall–Kier alpha value is -3.30. The minimum atomic E-state index is 0.614. The van der Waals surface area contributed by atoms with Gasteiger partial charge in [0, 0.05) is 40.9 Å². The number of nitrogens with zero attached hydrogens (tertiary/aromatic N) is 6. The van der Waals surface area contributed by atoms with E-state index >= 15 is 0 Å². The van der Waals surface area contributed by atoms with Crippen LogP contribution >= 0.6 is 23.4 Å². The summed E-state index contributed by atoms with van der Waals surface area (Å²) < 4.78 is 14.8. The van der Waals surface area contributed by atoms with Gasteiger partial charge in [0.1, 0.15) is 0 Å². The van der Waals surface area contributed by atoms with Gasteiger partial charge < -0.3 is 9.47 Å². The van der Waals surface area contributed by atoms with E-state index in [-0.39, 0.29) is 0 Å². The zero-order chi connectivity index (χ0) is 24.5. The number of hydrogen-bond acceptors (Lipinski definition) is 7. The zero-order valence-corrected chi connectivity index (χ0v) is 21.5. The van der Waals surface area contributed by atoms with Crippen LogP contribution in [0.3, 0.4) is 0 Å². The lowest BCUT2D eigenvalue weighted by atomic mass is 10.2. The number of thioether (sulfide) groups is 1. The number of rotatable bonds is 8. The van der Waals surface area contributed by atoms with E-state index < -0.39 is 0 Å². The quantitative estimate of drug-likeness (QED) is 0.208. The summed E-state index contributed by atoms with van der Waals surface area (Å²) in [5, 5.41) is 11.7. The van der Waals surface area contributed by atoms with Crippen molar-refractivity contribution < 1.29 is 9.47 Å². The maximum atomic E-state index is 6.39. The van der Waals surface area contributed by atoms with Crippen molar-refractivity contribution in [1.29, 1.82) is 0 Å². The number of halogens is 1. The predicted molar refractivity (Wildman–Crippen MR) is 138 cm³/mol. The molecule has 0 aliphatic carbocycles. The molecule has 0 aliphatic heterocycles. The highest BCUT2D eigenvalue weighted by Crippen LogP contribution is 2.35. The molecule has 3 aromatic heterocycles. The van der Waals surface area contributed by atoms with E-state index in [1.54, 1.807) is 26.0 Å². The first kappa shape index (κ1) is 23.4. The van der Waals surface area contributed by atoms with Gasteiger partial charge in [0.25, 0.3) is 0 Å². The van der Waals surface area contributed by atoms with Crippen molar-refractivity contribution in [2.45, 2.75) is 37.7 Å². The van der Waals surface area contributed by atoms with Gasteiger partial charge in [-0.15, -0.1) is 5.10 Å². The Bertz CT molecular complexity index is 1530. The second-order valence-corrected chi connectivity index (χ2v) is 9.51. The van der Waals surface area contributed by atoms with Gasteiger partial charge >= 0.3 is 0 Å². The van der Waals surface area contributed by atoms with Crippen molar-refractivity contribution in [3.05, 3.63) is 70.3 Å². The largest absolute Gasteiger partial charge is 0.493 e. The van der Waals surface area contributed by atoms with Crippen LogP contribution in [0, 0.1) is 13.8 Å². The number of aromatic nitrogens is 6. The third-order valence-corrected chi connectivity index (χ3v) is 7.10. The van der Waals surface area contributed by atoms with Gasteiger partial charge in [-0.2, -0.15) is 9.61 Å². The van der Waals surface area contributed by atoms with Gasteiger partial charge in [0.05, 0.1) is 25.4 Å². The lowest BCUT2D eigenvalue weighted by Gasteiger charge is -2.11. The standard InChI is InChI=1S/C25H25ClN6O2S/c1-15-11-16(2)31(29-15)10-9-23-28-24-18-12-21(33-3)22(34-4)13-20(18)27-25(32(24)30-23)35-14-17-7-5-6-8-19(17)26/h5-8,11-13H,9-10,14H2,1-4H3. The van der Waals surface area contributed by atoms with Crippen LogP contribution in [-0.4, -0.2) is 43.6 Å². The Morgan fingerprint density at radius 1 is 0.971 bits per heavy atom. The number of hydrogen-bond donors (Lipinski definition) is 0. The monoisotopic (exact) mass is 508 g/mol. The Morgan fingerprint density at radius 3 is 2.46 bits per heavy atom. The van der Waals surface area contributed by atoms with Gasteiger partial charge in [0.2, 0.25) is 0 Å². The van der Waals surface area contributed by atoms with Gasteiger partial charge in [-0.25, -0.2) is 9.97 Å². The molecule has 0 fully saturated rings. The lowest BCUT2D eigenvalue weighted by Crippen LogP contribution is -2.06. The Labute approximate surface area is 212 Å². The average Bonchev–Trinajstić information content (AvgIpc) is 3.43. The highest BCUT2D eigenvalue weighted by molar-refractivity contribution is 7.98. The SMILES string of the molecule is COc1cc2nc(SCc3ccccc3Cl)n3nc(CCn4nc(C)cc4C)nc3c2cc1OC. The van der Waals surface area contributed by atoms with Gasteiger partial charge in [-0.1, -0.05) is 41.6 Å². The highest BCUT2D eigenvalue weighted by Gasteiger charge is 2.18. The van der Waals surface area contributed by atoms with Gasteiger partial charge in [-0.05, 0) is 37.6 Å². The van der Waals surface area contributed by atoms with Crippen LogP contribution in [0.1, 0.15) is 22.8 Å². The Balaban J connectivity index is 1.57. The van der Waals surface area contributed by atoms with Crippen LogP contribution in [0.25, 0.3) is 16.6 Å². The highest BCUT2D eigenvalue weighted by atomic mass is 35.5. The molecule has 8 nitrogen and oxygen atoms in total. The fourth-order valence-corrected chi connectivity index (χ4v) is 5.25. The van der Waals surface area contributed by atoms with Crippen molar-refractivity contribution in [1.82, 2.24) is 29.4 Å². The lowest BCUT2D eigenvalue weighted by molar-refractivity contribution is 0.355. The molecular weight excluding hydrogens is 484 g/mol. The topological polar surface area (TPSA) is 79.4 Å². The second kappa shape index (κ2) is 9.75. The molecule has 2 aromatic carbocycles. The molecule has 0 spiro atoms. The third-order valence-electron chi connectivity index (χ3n) is 5.76. The summed E-state index contributed by atoms with van der Waals surface area (Å²) in [6.45, 7) is 4.74. The molecule has 5 aromatic rings. The van der Waals surface area contributed by atoms with Crippen molar-refractivity contribution in [2.75, 3.05) is 14.2 Å². The van der Waals surface area contributed by atoms with E-state index in [2.05, 4.69) is 18.1 Å². The van der Waals surface area contributed by atoms with Crippen molar-refractivity contribution >= 4 is 39.9 Å². The maximum absolute atomic E-state index is 6.39. The third kappa shape index (κ3) is 4.66. The van der Waals surface area contributed by atoms with Crippen LogP contribution in [0.5, 0.6) is 11.5 Å². The van der Waals surface area contributed by atoms with E-state index in [0.717, 1.165) is 49.5 Å². The van der Waals surface area contributed by atoms with E-state index in [9.17, 15) is 0 Å². The summed E-state index contributed by atoms with van der Waals surface area (Å²) in [5.74, 6) is 2.61. The van der Waals surface area contributed by atoms with E-state index in [1.165, 1.54) is 0 Å². The summed E-state index contributed by atoms with van der Waals surface area (Å²) in [6, 6.07) is 13.7. The molecular formula is C25H25ClN6O2S. The average molecular weight is 509 g/mol. The molecule has 0 aliphatic rings. The van der Waals surface area contributed by atoms with Crippen LogP contribution < -0.4 is 9.47 Å². The minimum Gasteiger partial charge on any atom is -0.493 e. The zero-order valence-electron chi connectivity index (χ0n) is 19.9. The molecule has 5 rings (SSSR count). The molecule has 0 saturated heterocycles. The second-order valence-electron chi connectivity index (χ2n) is 8.16. The number of ether oxygens (including phenoxy) is 2. The molecule has 180 valence electrons. The van der Waals surface area contributed by atoms with Gasteiger partial charge in [0.15, 0.2) is 28.1 Å². The summed E-state index contributed by atoms with van der Waals surface area (Å²) in [5.41, 5.74) is 4.63. The van der Waals surface area contributed by atoms with Crippen molar-refractivity contribution in [3.63, 3.8) is 0 Å². The van der Waals surface area contributed by atoms with Gasteiger partial charge in [-0.3, -0.25) is 4.68 Å². The predicted octanol–water partition coefficient (Wildman–Crippen LogP) is 5.30. The van der Waals surface area contributed by atoms with Crippen molar-refractivity contribution in [2.24, 2.45) is 0 Å². The molecule has 0 bridgehead atoms. The summed E-state index contributed by atoms with van der Waals surface area (Å²) in [6.07, 6.45) is 0.646.